The third kappa shape index (κ3) is 2.53. The van der Waals surface area contributed by atoms with Crippen molar-refractivity contribution in [1.29, 1.82) is 0 Å². The first-order valence-corrected chi connectivity index (χ1v) is 10.5. The van der Waals surface area contributed by atoms with E-state index in [4.69, 9.17) is 11.2 Å². The molecule has 2 heteroatoms. The summed E-state index contributed by atoms with van der Waals surface area (Å²) in [5, 5.41) is 10.9. The summed E-state index contributed by atoms with van der Waals surface area (Å²) in [5.74, 6) is 5.95. The molecule has 0 radical (unpaired) electrons. The molecular formula is C23H36O2. The van der Waals surface area contributed by atoms with Crippen molar-refractivity contribution < 1.29 is 9.84 Å². The van der Waals surface area contributed by atoms with Crippen molar-refractivity contribution in [3.05, 3.63) is 0 Å². The van der Waals surface area contributed by atoms with Crippen molar-refractivity contribution >= 4 is 0 Å². The van der Waals surface area contributed by atoms with Gasteiger partial charge in [0, 0.05) is 13.5 Å². The van der Waals surface area contributed by atoms with Crippen LogP contribution in [0.3, 0.4) is 0 Å². The van der Waals surface area contributed by atoms with E-state index in [0.29, 0.717) is 29.3 Å². The predicted octanol–water partition coefficient (Wildman–Crippen LogP) is 4.80. The van der Waals surface area contributed by atoms with Crippen LogP contribution >= 0.6 is 0 Å². The standard InChI is InChI=1S/C23H36O2/c1-5-11-23(24)14-13-21(2)16(15-23)6-7-17-18-8-9-20(25-4)22(18,3)12-10-19(17)21/h1,16-20,24H,6-15H2,2-4H3/t16-,17-,18-,19-,20-,21-,22-,23+/m0/s1. The minimum Gasteiger partial charge on any atom is -0.389 e. The van der Waals surface area contributed by atoms with Gasteiger partial charge < -0.3 is 9.84 Å². The summed E-state index contributed by atoms with van der Waals surface area (Å²) in [7, 11) is 1.91. The highest BCUT2D eigenvalue weighted by Crippen LogP contribution is 2.67. The molecule has 8 atom stereocenters. The maximum atomic E-state index is 10.9. The summed E-state index contributed by atoms with van der Waals surface area (Å²) in [6.07, 6.45) is 17.5. The molecule has 4 rings (SSSR count). The van der Waals surface area contributed by atoms with Gasteiger partial charge >= 0.3 is 0 Å². The van der Waals surface area contributed by atoms with E-state index in [9.17, 15) is 5.11 Å². The summed E-state index contributed by atoms with van der Waals surface area (Å²) in [6, 6.07) is 0. The summed E-state index contributed by atoms with van der Waals surface area (Å²) in [6.45, 7) is 5.06. The minimum absolute atomic E-state index is 0.401. The Morgan fingerprint density at radius 1 is 1.00 bits per heavy atom. The average Bonchev–Trinajstić information content (AvgIpc) is 2.92. The highest BCUT2D eigenvalue weighted by atomic mass is 16.5. The van der Waals surface area contributed by atoms with E-state index < -0.39 is 5.60 Å². The number of fused-ring (bicyclic) bond motifs is 5. The Kier molecular flexibility index (Phi) is 4.29. The lowest BCUT2D eigenvalue weighted by atomic mass is 9.44. The predicted molar refractivity (Wildman–Crippen MR) is 101 cm³/mol. The Morgan fingerprint density at radius 2 is 1.76 bits per heavy atom. The molecular weight excluding hydrogens is 308 g/mol. The van der Waals surface area contributed by atoms with Crippen LogP contribution in [0.25, 0.3) is 0 Å². The smallest absolute Gasteiger partial charge is 0.0759 e. The molecule has 2 nitrogen and oxygen atoms in total. The summed E-state index contributed by atoms with van der Waals surface area (Å²) >= 11 is 0. The first kappa shape index (κ1) is 17.9. The van der Waals surface area contributed by atoms with Gasteiger partial charge in [0.05, 0.1) is 11.7 Å². The molecule has 0 heterocycles. The number of ether oxygens (including phenoxy) is 1. The lowest BCUT2D eigenvalue weighted by Crippen LogP contribution is -2.56. The van der Waals surface area contributed by atoms with Crippen molar-refractivity contribution in [3.63, 3.8) is 0 Å². The van der Waals surface area contributed by atoms with Gasteiger partial charge in [0.2, 0.25) is 0 Å². The Balaban J connectivity index is 1.57. The quantitative estimate of drug-likeness (QED) is 0.729. The summed E-state index contributed by atoms with van der Waals surface area (Å²) in [4.78, 5) is 0. The SMILES string of the molecule is C#CC[C@@]1(O)CC[C@@]2(C)[C@@H](CC[C@@H]3[C@@H]2CC[C@]2(C)[C@@H](OC)CC[C@@H]32)C1. The van der Waals surface area contributed by atoms with E-state index >= 15 is 0 Å². The molecule has 25 heavy (non-hydrogen) atoms. The van der Waals surface area contributed by atoms with Gasteiger partial charge in [-0.25, -0.2) is 0 Å². The van der Waals surface area contributed by atoms with E-state index in [1.807, 2.05) is 7.11 Å². The molecule has 0 aromatic carbocycles. The first-order chi connectivity index (χ1) is 11.9. The van der Waals surface area contributed by atoms with Crippen LogP contribution in [0.4, 0.5) is 0 Å². The Bertz CT molecular complexity index is 565. The molecule has 0 spiro atoms. The molecule has 0 unspecified atom stereocenters. The number of hydrogen-bond acceptors (Lipinski definition) is 2. The van der Waals surface area contributed by atoms with E-state index in [1.165, 1.54) is 38.5 Å². The Hall–Kier alpha value is -0.520. The van der Waals surface area contributed by atoms with Gasteiger partial charge in [-0.1, -0.05) is 13.8 Å². The van der Waals surface area contributed by atoms with Crippen LogP contribution in [0.2, 0.25) is 0 Å². The maximum Gasteiger partial charge on any atom is 0.0759 e. The van der Waals surface area contributed by atoms with Gasteiger partial charge in [-0.3, -0.25) is 0 Å². The lowest BCUT2D eigenvalue weighted by Gasteiger charge is -2.62. The van der Waals surface area contributed by atoms with Crippen molar-refractivity contribution in [1.82, 2.24) is 0 Å². The fourth-order valence-electron chi connectivity index (χ4n) is 8.01. The Labute approximate surface area is 154 Å². The van der Waals surface area contributed by atoms with Gasteiger partial charge in [0.1, 0.15) is 0 Å². The number of terminal acetylenes is 1. The molecule has 0 aliphatic heterocycles. The molecule has 4 saturated carbocycles. The summed E-state index contributed by atoms with van der Waals surface area (Å²) < 4.78 is 5.90. The number of aliphatic hydroxyl groups is 1. The Morgan fingerprint density at radius 3 is 2.48 bits per heavy atom. The van der Waals surface area contributed by atoms with E-state index in [2.05, 4.69) is 19.8 Å². The third-order valence-corrected chi connectivity index (χ3v) is 9.45. The van der Waals surface area contributed by atoms with Crippen molar-refractivity contribution in [2.24, 2.45) is 34.5 Å². The van der Waals surface area contributed by atoms with Gasteiger partial charge in [-0.05, 0) is 92.3 Å². The second kappa shape index (κ2) is 6.00. The van der Waals surface area contributed by atoms with Crippen LogP contribution in [0.5, 0.6) is 0 Å². The van der Waals surface area contributed by atoms with Crippen LogP contribution in [0.15, 0.2) is 0 Å². The molecule has 0 bridgehead atoms. The zero-order valence-electron chi connectivity index (χ0n) is 16.4. The lowest BCUT2D eigenvalue weighted by molar-refractivity contribution is -0.155. The molecule has 0 aromatic heterocycles. The van der Waals surface area contributed by atoms with Crippen LogP contribution in [0, 0.1) is 46.8 Å². The van der Waals surface area contributed by atoms with Gasteiger partial charge in [0.15, 0.2) is 0 Å². The zero-order valence-corrected chi connectivity index (χ0v) is 16.4. The van der Waals surface area contributed by atoms with E-state index in [1.54, 1.807) is 0 Å². The minimum atomic E-state index is -0.594. The molecule has 0 aromatic rings. The number of hydrogen-bond donors (Lipinski definition) is 1. The second-order valence-electron chi connectivity index (χ2n) is 10.3. The molecule has 4 aliphatic rings. The molecule has 140 valence electrons. The van der Waals surface area contributed by atoms with E-state index in [-0.39, 0.29) is 0 Å². The molecule has 0 saturated heterocycles. The van der Waals surface area contributed by atoms with Crippen LogP contribution in [-0.4, -0.2) is 23.9 Å². The normalized spacial score (nSPS) is 54.9. The third-order valence-electron chi connectivity index (χ3n) is 9.45. The van der Waals surface area contributed by atoms with Crippen molar-refractivity contribution in [2.45, 2.75) is 89.8 Å². The molecule has 1 N–H and O–H groups in total. The molecule has 0 amide bonds. The fraction of sp³-hybridized carbons (Fsp3) is 0.913. The number of rotatable bonds is 2. The highest BCUT2D eigenvalue weighted by Gasteiger charge is 2.61. The number of methoxy groups -OCH3 is 1. The van der Waals surface area contributed by atoms with Gasteiger partial charge in [-0.2, -0.15) is 0 Å². The van der Waals surface area contributed by atoms with Gasteiger partial charge in [0.25, 0.3) is 0 Å². The summed E-state index contributed by atoms with van der Waals surface area (Å²) in [5.41, 5.74) is 0.220. The van der Waals surface area contributed by atoms with E-state index in [0.717, 1.165) is 37.0 Å². The highest BCUT2D eigenvalue weighted by molar-refractivity contribution is 5.12. The average molecular weight is 345 g/mol. The van der Waals surface area contributed by atoms with Crippen LogP contribution < -0.4 is 0 Å². The zero-order chi connectivity index (χ0) is 17.9. The van der Waals surface area contributed by atoms with Crippen LogP contribution in [-0.2, 0) is 4.74 Å². The van der Waals surface area contributed by atoms with Gasteiger partial charge in [-0.15, -0.1) is 12.3 Å². The topological polar surface area (TPSA) is 29.5 Å². The monoisotopic (exact) mass is 344 g/mol. The van der Waals surface area contributed by atoms with Crippen LogP contribution in [0.1, 0.15) is 78.1 Å². The fourth-order valence-corrected chi connectivity index (χ4v) is 8.01. The van der Waals surface area contributed by atoms with Crippen molar-refractivity contribution in [3.8, 4) is 12.3 Å². The second-order valence-corrected chi connectivity index (χ2v) is 10.3. The maximum absolute atomic E-state index is 10.9. The largest absolute Gasteiger partial charge is 0.389 e. The van der Waals surface area contributed by atoms with Crippen molar-refractivity contribution in [2.75, 3.05) is 7.11 Å². The first-order valence-electron chi connectivity index (χ1n) is 10.5. The molecule has 4 fully saturated rings. The molecule has 4 aliphatic carbocycles.